The number of pyridine rings is 1. The third-order valence-corrected chi connectivity index (χ3v) is 4.76. The fourth-order valence-electron chi connectivity index (χ4n) is 3.15. The highest BCUT2D eigenvalue weighted by molar-refractivity contribution is 5.94. The SMILES string of the molecule is COc1ccc(-c2noc(CN3CCN(C(=O)c4ccncc4)CC3)n2)cc1. The Morgan fingerprint density at radius 3 is 2.46 bits per heavy atom. The molecule has 0 spiro atoms. The molecule has 0 radical (unpaired) electrons. The summed E-state index contributed by atoms with van der Waals surface area (Å²) in [7, 11) is 1.63. The Morgan fingerprint density at radius 1 is 1.07 bits per heavy atom. The van der Waals surface area contributed by atoms with Crippen molar-refractivity contribution >= 4 is 5.91 Å². The van der Waals surface area contributed by atoms with Gasteiger partial charge in [-0.2, -0.15) is 4.98 Å². The van der Waals surface area contributed by atoms with E-state index < -0.39 is 0 Å². The van der Waals surface area contributed by atoms with Crippen molar-refractivity contribution in [1.29, 1.82) is 0 Å². The Labute approximate surface area is 162 Å². The number of benzene rings is 1. The van der Waals surface area contributed by atoms with Crippen LogP contribution >= 0.6 is 0 Å². The number of ether oxygens (including phenoxy) is 1. The van der Waals surface area contributed by atoms with Gasteiger partial charge >= 0.3 is 0 Å². The van der Waals surface area contributed by atoms with E-state index >= 15 is 0 Å². The van der Waals surface area contributed by atoms with E-state index in [1.807, 2.05) is 29.2 Å². The molecule has 0 unspecified atom stereocenters. The molecule has 1 fully saturated rings. The smallest absolute Gasteiger partial charge is 0.254 e. The summed E-state index contributed by atoms with van der Waals surface area (Å²) in [5.41, 5.74) is 1.55. The summed E-state index contributed by atoms with van der Waals surface area (Å²) in [4.78, 5) is 25.0. The number of nitrogens with zero attached hydrogens (tertiary/aromatic N) is 5. The Morgan fingerprint density at radius 2 is 1.79 bits per heavy atom. The second kappa shape index (κ2) is 8.18. The number of carbonyl (C=O) groups excluding carboxylic acids is 1. The van der Waals surface area contributed by atoms with E-state index in [1.165, 1.54) is 0 Å². The molecule has 4 rings (SSSR count). The molecule has 1 aliphatic rings. The normalized spacial score (nSPS) is 14.8. The Kier molecular flexibility index (Phi) is 5.29. The number of amides is 1. The summed E-state index contributed by atoms with van der Waals surface area (Å²) in [5.74, 6) is 1.96. The molecule has 1 amide bonds. The minimum Gasteiger partial charge on any atom is -0.497 e. The first-order chi connectivity index (χ1) is 13.7. The minimum absolute atomic E-state index is 0.0432. The summed E-state index contributed by atoms with van der Waals surface area (Å²) >= 11 is 0. The number of methoxy groups -OCH3 is 1. The van der Waals surface area contributed by atoms with Crippen molar-refractivity contribution in [2.75, 3.05) is 33.3 Å². The molecule has 0 N–H and O–H groups in total. The maximum Gasteiger partial charge on any atom is 0.254 e. The van der Waals surface area contributed by atoms with Crippen LogP contribution in [-0.2, 0) is 6.54 Å². The van der Waals surface area contributed by atoms with Crippen LogP contribution in [0, 0.1) is 0 Å². The lowest BCUT2D eigenvalue weighted by molar-refractivity contribution is 0.0615. The van der Waals surface area contributed by atoms with Crippen molar-refractivity contribution in [3.05, 3.63) is 60.2 Å². The lowest BCUT2D eigenvalue weighted by atomic mass is 10.2. The number of piperazine rings is 1. The summed E-state index contributed by atoms with van der Waals surface area (Å²) in [5, 5.41) is 4.07. The summed E-state index contributed by atoms with van der Waals surface area (Å²) in [6.07, 6.45) is 3.28. The average Bonchev–Trinajstić information content (AvgIpc) is 3.23. The molecule has 1 aromatic carbocycles. The van der Waals surface area contributed by atoms with Gasteiger partial charge in [0.15, 0.2) is 0 Å². The van der Waals surface area contributed by atoms with Gasteiger partial charge in [0.2, 0.25) is 11.7 Å². The van der Waals surface area contributed by atoms with Crippen molar-refractivity contribution in [3.63, 3.8) is 0 Å². The molecule has 1 saturated heterocycles. The molecule has 0 saturated carbocycles. The molecular formula is C20H21N5O3. The largest absolute Gasteiger partial charge is 0.497 e. The molecule has 0 atom stereocenters. The predicted molar refractivity (Wildman–Crippen MR) is 102 cm³/mol. The van der Waals surface area contributed by atoms with Crippen LogP contribution in [0.25, 0.3) is 11.4 Å². The van der Waals surface area contributed by atoms with Crippen LogP contribution in [0.3, 0.4) is 0 Å². The Balaban J connectivity index is 1.32. The van der Waals surface area contributed by atoms with Gasteiger partial charge in [0, 0.05) is 49.7 Å². The molecule has 0 aliphatic carbocycles. The average molecular weight is 379 g/mol. The second-order valence-corrected chi connectivity index (χ2v) is 6.54. The van der Waals surface area contributed by atoms with Crippen LogP contribution in [-0.4, -0.2) is 64.1 Å². The third-order valence-electron chi connectivity index (χ3n) is 4.76. The molecule has 1 aliphatic heterocycles. The highest BCUT2D eigenvalue weighted by atomic mass is 16.5. The van der Waals surface area contributed by atoms with Gasteiger partial charge in [-0.05, 0) is 36.4 Å². The molecule has 3 aromatic rings. The maximum absolute atomic E-state index is 12.5. The van der Waals surface area contributed by atoms with Gasteiger partial charge in [-0.15, -0.1) is 0 Å². The second-order valence-electron chi connectivity index (χ2n) is 6.54. The molecule has 8 heteroatoms. The van der Waals surface area contributed by atoms with E-state index in [2.05, 4.69) is 20.0 Å². The highest BCUT2D eigenvalue weighted by Gasteiger charge is 2.23. The number of aromatic nitrogens is 3. The van der Waals surface area contributed by atoms with E-state index in [4.69, 9.17) is 9.26 Å². The van der Waals surface area contributed by atoms with E-state index in [0.29, 0.717) is 36.9 Å². The van der Waals surface area contributed by atoms with Gasteiger partial charge in [0.05, 0.1) is 13.7 Å². The van der Waals surface area contributed by atoms with Crippen molar-refractivity contribution in [1.82, 2.24) is 24.9 Å². The summed E-state index contributed by atoms with van der Waals surface area (Å²) in [6.45, 7) is 3.43. The fraction of sp³-hybridized carbons (Fsp3) is 0.300. The lowest BCUT2D eigenvalue weighted by Crippen LogP contribution is -2.48. The molecule has 28 heavy (non-hydrogen) atoms. The standard InChI is InChI=1S/C20H21N5O3/c1-27-17-4-2-15(3-5-17)19-22-18(28-23-19)14-24-10-12-25(13-11-24)20(26)16-6-8-21-9-7-16/h2-9H,10-14H2,1H3. The third kappa shape index (κ3) is 4.01. The van der Waals surface area contributed by atoms with Crippen molar-refractivity contribution in [2.24, 2.45) is 0 Å². The molecule has 0 bridgehead atoms. The Hall–Kier alpha value is -3.26. The number of carbonyl (C=O) groups is 1. The van der Waals surface area contributed by atoms with E-state index in [-0.39, 0.29) is 5.91 Å². The highest BCUT2D eigenvalue weighted by Crippen LogP contribution is 2.20. The number of hydrogen-bond donors (Lipinski definition) is 0. The van der Waals surface area contributed by atoms with Crippen LogP contribution in [0.4, 0.5) is 0 Å². The number of rotatable bonds is 5. The van der Waals surface area contributed by atoms with Crippen molar-refractivity contribution in [2.45, 2.75) is 6.54 Å². The lowest BCUT2D eigenvalue weighted by Gasteiger charge is -2.33. The van der Waals surface area contributed by atoms with Gasteiger partial charge in [0.25, 0.3) is 5.91 Å². The molecule has 144 valence electrons. The quantitative estimate of drug-likeness (QED) is 0.671. The van der Waals surface area contributed by atoms with Crippen LogP contribution in [0.15, 0.2) is 53.3 Å². The maximum atomic E-state index is 12.5. The first-order valence-electron chi connectivity index (χ1n) is 9.11. The molecule has 2 aromatic heterocycles. The molecule has 3 heterocycles. The van der Waals surface area contributed by atoms with Gasteiger partial charge in [-0.3, -0.25) is 14.7 Å². The topological polar surface area (TPSA) is 84.6 Å². The van der Waals surface area contributed by atoms with Gasteiger partial charge in [-0.25, -0.2) is 0 Å². The van der Waals surface area contributed by atoms with Gasteiger partial charge in [-0.1, -0.05) is 5.16 Å². The van der Waals surface area contributed by atoms with E-state index in [0.717, 1.165) is 24.4 Å². The first-order valence-corrected chi connectivity index (χ1v) is 9.11. The van der Waals surface area contributed by atoms with Crippen LogP contribution in [0.5, 0.6) is 5.75 Å². The van der Waals surface area contributed by atoms with Crippen molar-refractivity contribution < 1.29 is 14.1 Å². The summed E-state index contributed by atoms with van der Waals surface area (Å²) < 4.78 is 10.6. The predicted octanol–water partition coefficient (Wildman–Crippen LogP) is 2.10. The first kappa shape index (κ1) is 18.1. The fourth-order valence-corrected chi connectivity index (χ4v) is 3.15. The monoisotopic (exact) mass is 379 g/mol. The summed E-state index contributed by atoms with van der Waals surface area (Å²) in [6, 6.07) is 11.0. The minimum atomic E-state index is 0.0432. The zero-order chi connectivity index (χ0) is 19.3. The van der Waals surface area contributed by atoms with Crippen LogP contribution < -0.4 is 4.74 Å². The molecule has 8 nitrogen and oxygen atoms in total. The molecular weight excluding hydrogens is 358 g/mol. The van der Waals surface area contributed by atoms with Crippen molar-refractivity contribution in [3.8, 4) is 17.1 Å². The van der Waals surface area contributed by atoms with Crippen LogP contribution in [0.2, 0.25) is 0 Å². The van der Waals surface area contributed by atoms with Crippen LogP contribution in [0.1, 0.15) is 16.2 Å². The zero-order valence-corrected chi connectivity index (χ0v) is 15.6. The number of hydrogen-bond acceptors (Lipinski definition) is 7. The van der Waals surface area contributed by atoms with Gasteiger partial charge < -0.3 is 14.2 Å². The van der Waals surface area contributed by atoms with Gasteiger partial charge in [0.1, 0.15) is 5.75 Å². The zero-order valence-electron chi connectivity index (χ0n) is 15.6. The van der Waals surface area contributed by atoms with E-state index in [9.17, 15) is 4.79 Å². The van der Waals surface area contributed by atoms with E-state index in [1.54, 1.807) is 31.6 Å². The Bertz CT molecular complexity index is 919.